The van der Waals surface area contributed by atoms with Crippen molar-refractivity contribution in [2.75, 3.05) is 19.8 Å². The number of ether oxygens (including phenoxy) is 1. The Hall–Kier alpha value is -1.66. The number of rotatable bonds is 5. The zero-order valence-electron chi connectivity index (χ0n) is 14.5. The molecule has 1 N–H and O–H groups in total. The van der Waals surface area contributed by atoms with Crippen molar-refractivity contribution in [1.82, 2.24) is 10.3 Å². The van der Waals surface area contributed by atoms with Gasteiger partial charge in [0.25, 0.3) is 5.91 Å². The van der Waals surface area contributed by atoms with Gasteiger partial charge in [0.1, 0.15) is 6.26 Å². The highest BCUT2D eigenvalue weighted by Crippen LogP contribution is 2.26. The molecule has 6 heteroatoms. The van der Waals surface area contributed by atoms with E-state index in [4.69, 9.17) is 9.15 Å². The average Bonchev–Trinajstić information content (AvgIpc) is 3.11. The van der Waals surface area contributed by atoms with Crippen LogP contribution in [0.2, 0.25) is 0 Å². The highest BCUT2D eigenvalue weighted by atomic mass is 79.9. The molecular weight excluding hydrogens is 384 g/mol. The Morgan fingerprint density at radius 1 is 1.28 bits per heavy atom. The smallest absolute Gasteiger partial charge is 0.273 e. The monoisotopic (exact) mass is 406 g/mol. The fourth-order valence-electron chi connectivity index (χ4n) is 2.92. The molecule has 0 unspecified atom stereocenters. The van der Waals surface area contributed by atoms with Gasteiger partial charge in [-0.05, 0) is 30.5 Å². The Morgan fingerprint density at radius 3 is 2.64 bits per heavy atom. The standard InChI is InChI=1S/C19H23BrN2O3/c1-19(2,14-3-5-15(20)6-4-14)12-21-17(23)16-11-25-18(22-16)13-7-9-24-10-8-13/h3-6,11,13H,7-10,12H2,1-2H3,(H,21,23). The largest absolute Gasteiger partial charge is 0.448 e. The van der Waals surface area contributed by atoms with Gasteiger partial charge in [-0.25, -0.2) is 4.98 Å². The van der Waals surface area contributed by atoms with E-state index in [1.807, 2.05) is 12.1 Å². The Balaban J connectivity index is 1.60. The lowest BCUT2D eigenvalue weighted by Gasteiger charge is -2.25. The van der Waals surface area contributed by atoms with E-state index < -0.39 is 0 Å². The number of oxazole rings is 1. The van der Waals surface area contributed by atoms with Crippen molar-refractivity contribution < 1.29 is 13.9 Å². The third kappa shape index (κ3) is 4.50. The van der Waals surface area contributed by atoms with E-state index in [9.17, 15) is 4.79 Å². The molecule has 0 saturated carbocycles. The predicted molar refractivity (Wildman–Crippen MR) is 98.8 cm³/mol. The number of nitrogens with one attached hydrogen (secondary N) is 1. The lowest BCUT2D eigenvalue weighted by molar-refractivity contribution is 0.0794. The molecule has 2 aromatic rings. The second kappa shape index (κ2) is 7.70. The summed E-state index contributed by atoms with van der Waals surface area (Å²) in [6, 6.07) is 8.15. The Bertz CT molecular complexity index is 719. The first kappa shape index (κ1) is 18.1. The molecule has 134 valence electrons. The molecule has 0 radical (unpaired) electrons. The summed E-state index contributed by atoms with van der Waals surface area (Å²) >= 11 is 3.44. The fraction of sp³-hybridized carbons (Fsp3) is 0.474. The minimum atomic E-state index is -0.202. The first-order valence-corrected chi connectivity index (χ1v) is 9.32. The van der Waals surface area contributed by atoms with E-state index in [0.29, 0.717) is 18.1 Å². The maximum atomic E-state index is 12.4. The zero-order chi connectivity index (χ0) is 17.9. The third-order valence-electron chi connectivity index (χ3n) is 4.64. The van der Waals surface area contributed by atoms with Crippen LogP contribution in [0.25, 0.3) is 0 Å². The van der Waals surface area contributed by atoms with Crippen LogP contribution in [0.5, 0.6) is 0 Å². The first-order valence-electron chi connectivity index (χ1n) is 8.53. The number of carbonyl (C=O) groups is 1. The Kier molecular flexibility index (Phi) is 5.59. The van der Waals surface area contributed by atoms with Gasteiger partial charge in [0, 0.05) is 35.6 Å². The molecule has 1 aliphatic heterocycles. The fourth-order valence-corrected chi connectivity index (χ4v) is 3.18. The van der Waals surface area contributed by atoms with Crippen LogP contribution in [0.1, 0.15) is 54.5 Å². The van der Waals surface area contributed by atoms with Gasteiger partial charge in [-0.15, -0.1) is 0 Å². The van der Waals surface area contributed by atoms with Crippen LogP contribution >= 0.6 is 15.9 Å². The molecule has 0 aliphatic carbocycles. The molecule has 3 rings (SSSR count). The number of halogens is 1. The number of benzene rings is 1. The van der Waals surface area contributed by atoms with Crippen LogP contribution in [0.4, 0.5) is 0 Å². The number of aromatic nitrogens is 1. The second-order valence-corrected chi connectivity index (χ2v) is 7.95. The topological polar surface area (TPSA) is 64.4 Å². The van der Waals surface area contributed by atoms with Crippen molar-refractivity contribution in [3.05, 3.63) is 52.1 Å². The van der Waals surface area contributed by atoms with Crippen LogP contribution < -0.4 is 5.32 Å². The van der Waals surface area contributed by atoms with Crippen molar-refractivity contribution in [2.24, 2.45) is 0 Å². The van der Waals surface area contributed by atoms with Crippen molar-refractivity contribution >= 4 is 21.8 Å². The minimum Gasteiger partial charge on any atom is -0.448 e. The summed E-state index contributed by atoms with van der Waals surface area (Å²) in [5, 5.41) is 2.97. The minimum absolute atomic E-state index is 0.177. The summed E-state index contributed by atoms with van der Waals surface area (Å²) in [6.07, 6.45) is 3.23. The molecule has 1 aromatic carbocycles. The van der Waals surface area contributed by atoms with Gasteiger partial charge in [0.15, 0.2) is 11.6 Å². The van der Waals surface area contributed by atoms with Crippen molar-refractivity contribution in [2.45, 2.75) is 38.0 Å². The second-order valence-electron chi connectivity index (χ2n) is 7.03. The maximum absolute atomic E-state index is 12.4. The number of nitrogens with zero attached hydrogens (tertiary/aromatic N) is 1. The van der Waals surface area contributed by atoms with Crippen LogP contribution in [0.3, 0.4) is 0 Å². The molecular formula is C19H23BrN2O3. The summed E-state index contributed by atoms with van der Waals surface area (Å²) in [5.74, 6) is 0.683. The summed E-state index contributed by atoms with van der Waals surface area (Å²) < 4.78 is 11.9. The highest BCUT2D eigenvalue weighted by molar-refractivity contribution is 9.10. The maximum Gasteiger partial charge on any atom is 0.273 e. The van der Waals surface area contributed by atoms with E-state index in [0.717, 1.165) is 30.5 Å². The van der Waals surface area contributed by atoms with Gasteiger partial charge >= 0.3 is 0 Å². The summed E-state index contributed by atoms with van der Waals surface area (Å²) in [4.78, 5) is 16.8. The van der Waals surface area contributed by atoms with E-state index in [1.54, 1.807) is 0 Å². The van der Waals surface area contributed by atoms with Crippen molar-refractivity contribution in [3.8, 4) is 0 Å². The third-order valence-corrected chi connectivity index (χ3v) is 5.17. The molecule has 2 heterocycles. The normalized spacial score (nSPS) is 16.0. The van der Waals surface area contributed by atoms with Gasteiger partial charge in [-0.1, -0.05) is 41.9 Å². The number of hydrogen-bond donors (Lipinski definition) is 1. The highest BCUT2D eigenvalue weighted by Gasteiger charge is 2.25. The number of carbonyl (C=O) groups excluding carboxylic acids is 1. The molecule has 1 saturated heterocycles. The van der Waals surface area contributed by atoms with Gasteiger partial charge in [0.05, 0.1) is 0 Å². The number of hydrogen-bond acceptors (Lipinski definition) is 4. The molecule has 1 aliphatic rings. The van der Waals surface area contributed by atoms with E-state index >= 15 is 0 Å². The van der Waals surface area contributed by atoms with Crippen LogP contribution in [-0.4, -0.2) is 30.6 Å². The van der Waals surface area contributed by atoms with Gasteiger partial charge in [-0.2, -0.15) is 0 Å². The van der Waals surface area contributed by atoms with E-state index in [1.165, 1.54) is 11.8 Å². The Labute approximate surface area is 156 Å². The lowest BCUT2D eigenvalue weighted by atomic mass is 9.84. The quantitative estimate of drug-likeness (QED) is 0.813. The average molecular weight is 407 g/mol. The van der Waals surface area contributed by atoms with Crippen molar-refractivity contribution in [3.63, 3.8) is 0 Å². The molecule has 0 bridgehead atoms. The molecule has 5 nitrogen and oxygen atoms in total. The zero-order valence-corrected chi connectivity index (χ0v) is 16.1. The van der Waals surface area contributed by atoms with Gasteiger partial charge in [0.2, 0.25) is 0 Å². The first-order chi connectivity index (χ1) is 12.0. The van der Waals surface area contributed by atoms with Gasteiger partial charge in [-0.3, -0.25) is 4.79 Å². The summed E-state index contributed by atoms with van der Waals surface area (Å²) in [5.41, 5.74) is 1.33. The summed E-state index contributed by atoms with van der Waals surface area (Å²) in [7, 11) is 0. The molecule has 0 spiro atoms. The van der Waals surface area contributed by atoms with Crippen molar-refractivity contribution in [1.29, 1.82) is 0 Å². The summed E-state index contributed by atoms with van der Waals surface area (Å²) in [6.45, 7) is 6.17. The molecule has 1 amide bonds. The Morgan fingerprint density at radius 2 is 1.96 bits per heavy atom. The predicted octanol–water partition coefficient (Wildman–Crippen LogP) is 4.04. The van der Waals surface area contributed by atoms with Crippen LogP contribution in [-0.2, 0) is 10.2 Å². The van der Waals surface area contributed by atoms with E-state index in [-0.39, 0.29) is 17.2 Å². The van der Waals surface area contributed by atoms with Crippen LogP contribution in [0, 0.1) is 0 Å². The number of amides is 1. The van der Waals surface area contributed by atoms with Gasteiger partial charge < -0.3 is 14.5 Å². The molecule has 25 heavy (non-hydrogen) atoms. The SMILES string of the molecule is CC(C)(CNC(=O)c1coc(C2CCOCC2)n1)c1ccc(Br)cc1. The van der Waals surface area contributed by atoms with E-state index in [2.05, 4.69) is 52.2 Å². The lowest BCUT2D eigenvalue weighted by Crippen LogP contribution is -2.36. The molecule has 0 atom stereocenters. The van der Waals surface area contributed by atoms with Crippen LogP contribution in [0.15, 0.2) is 39.4 Å². The molecule has 1 aromatic heterocycles. The molecule has 1 fully saturated rings.